The second kappa shape index (κ2) is 7.13. The predicted molar refractivity (Wildman–Crippen MR) is 98.2 cm³/mol. The number of aromatic nitrogens is 1. The van der Waals surface area contributed by atoms with Crippen LogP contribution in [0.25, 0.3) is 10.8 Å². The number of nitrogens with one attached hydrogen (secondary N) is 2. The molecule has 0 aliphatic carbocycles. The van der Waals surface area contributed by atoms with E-state index in [1.54, 1.807) is 24.3 Å². The number of fused-ring (bicyclic) bond motifs is 1. The molecule has 3 rings (SSSR count). The molecule has 25 heavy (non-hydrogen) atoms. The van der Waals surface area contributed by atoms with Crippen LogP contribution >= 0.6 is 0 Å². The van der Waals surface area contributed by atoms with E-state index in [1.807, 2.05) is 54.2 Å². The molecule has 0 fully saturated rings. The lowest BCUT2D eigenvalue weighted by molar-refractivity contribution is -0.704. The first kappa shape index (κ1) is 16.6. The average Bonchev–Trinajstić information content (AvgIpc) is 2.62. The van der Waals surface area contributed by atoms with E-state index >= 15 is 0 Å². The summed E-state index contributed by atoms with van der Waals surface area (Å²) in [7, 11) is 0. The van der Waals surface area contributed by atoms with Gasteiger partial charge in [0.25, 0.3) is 5.91 Å². The summed E-state index contributed by atoms with van der Waals surface area (Å²) < 4.78 is 1.89. The van der Waals surface area contributed by atoms with Crippen LogP contribution in [0.4, 0.5) is 11.4 Å². The highest BCUT2D eigenvalue weighted by atomic mass is 16.2. The minimum absolute atomic E-state index is 0.104. The van der Waals surface area contributed by atoms with Gasteiger partial charge in [-0.1, -0.05) is 18.2 Å². The van der Waals surface area contributed by atoms with Crippen LogP contribution in [0.3, 0.4) is 0 Å². The third-order valence-corrected chi connectivity index (χ3v) is 4.01. The number of carbonyl (C=O) groups excluding carboxylic acids is 2. The van der Waals surface area contributed by atoms with Crippen molar-refractivity contribution in [3.63, 3.8) is 0 Å². The number of anilines is 2. The molecule has 0 saturated carbocycles. The Morgan fingerprint density at radius 3 is 2.12 bits per heavy atom. The summed E-state index contributed by atoms with van der Waals surface area (Å²) in [4.78, 5) is 23.5. The summed E-state index contributed by atoms with van der Waals surface area (Å²) >= 11 is 0. The molecule has 126 valence electrons. The van der Waals surface area contributed by atoms with Crippen molar-refractivity contribution in [1.29, 1.82) is 0 Å². The number of amides is 2. The van der Waals surface area contributed by atoms with Crippen molar-refractivity contribution in [1.82, 2.24) is 0 Å². The van der Waals surface area contributed by atoms with E-state index in [0.29, 0.717) is 11.4 Å². The molecule has 2 amide bonds. The number of hydrogen-bond acceptors (Lipinski definition) is 2. The van der Waals surface area contributed by atoms with Crippen LogP contribution in [0.5, 0.6) is 0 Å². The summed E-state index contributed by atoms with van der Waals surface area (Å²) in [5, 5.41) is 7.82. The van der Waals surface area contributed by atoms with Crippen molar-refractivity contribution in [3.05, 3.63) is 67.0 Å². The van der Waals surface area contributed by atoms with E-state index in [0.717, 1.165) is 10.8 Å². The van der Waals surface area contributed by atoms with Gasteiger partial charge in [0.1, 0.15) is 0 Å². The van der Waals surface area contributed by atoms with Gasteiger partial charge < -0.3 is 10.6 Å². The van der Waals surface area contributed by atoms with Crippen LogP contribution in [0.1, 0.15) is 19.9 Å². The second-order valence-electron chi connectivity index (χ2n) is 5.94. The Balaban J connectivity index is 1.72. The van der Waals surface area contributed by atoms with E-state index in [2.05, 4.69) is 10.6 Å². The number of pyridine rings is 1. The first-order chi connectivity index (χ1) is 12.0. The average molecular weight is 334 g/mol. The lowest BCUT2D eigenvalue weighted by Gasteiger charge is -2.10. The van der Waals surface area contributed by atoms with E-state index in [-0.39, 0.29) is 17.9 Å². The van der Waals surface area contributed by atoms with Gasteiger partial charge in [0.2, 0.25) is 11.9 Å². The van der Waals surface area contributed by atoms with Crippen molar-refractivity contribution in [2.45, 2.75) is 19.9 Å². The number of benzene rings is 2. The molecule has 0 radical (unpaired) electrons. The standard InChI is InChI=1S/C20H19N3O2/c1-14(23-12-11-16-5-3-4-6-17(16)13-23)20(25)22-19-9-7-18(8-10-19)21-15(2)24/h3-14H,1-2H3,(H-,21,22,24,25)/p+1/t14-/m0/s1. The van der Waals surface area contributed by atoms with Gasteiger partial charge in [-0.15, -0.1) is 0 Å². The zero-order chi connectivity index (χ0) is 17.8. The first-order valence-corrected chi connectivity index (χ1v) is 8.11. The maximum Gasteiger partial charge on any atom is 0.293 e. The van der Waals surface area contributed by atoms with E-state index in [1.165, 1.54) is 6.92 Å². The highest BCUT2D eigenvalue weighted by Gasteiger charge is 2.22. The molecule has 0 spiro atoms. The Hall–Kier alpha value is -3.21. The number of carbonyl (C=O) groups is 2. The van der Waals surface area contributed by atoms with Crippen LogP contribution in [0, 0.1) is 0 Å². The molecule has 1 heterocycles. The number of hydrogen-bond donors (Lipinski definition) is 2. The predicted octanol–water partition coefficient (Wildman–Crippen LogP) is 3.29. The first-order valence-electron chi connectivity index (χ1n) is 8.11. The summed E-state index contributed by atoms with van der Waals surface area (Å²) in [6.45, 7) is 3.31. The fraction of sp³-hybridized carbons (Fsp3) is 0.150. The van der Waals surface area contributed by atoms with Gasteiger partial charge >= 0.3 is 0 Å². The third kappa shape index (κ3) is 4.01. The van der Waals surface area contributed by atoms with E-state index < -0.39 is 0 Å². The zero-order valence-corrected chi connectivity index (χ0v) is 14.2. The molecule has 2 aromatic carbocycles. The minimum Gasteiger partial charge on any atom is -0.326 e. The van der Waals surface area contributed by atoms with Crippen molar-refractivity contribution in [3.8, 4) is 0 Å². The van der Waals surface area contributed by atoms with Gasteiger partial charge in [-0.3, -0.25) is 9.59 Å². The Morgan fingerprint density at radius 2 is 1.48 bits per heavy atom. The molecule has 0 unspecified atom stereocenters. The molecular weight excluding hydrogens is 314 g/mol. The van der Waals surface area contributed by atoms with Gasteiger partial charge in [0.05, 0.1) is 0 Å². The molecule has 0 aliphatic heterocycles. The Bertz CT molecular complexity index is 920. The molecular formula is C20H20N3O2+. The van der Waals surface area contributed by atoms with Crippen LogP contribution in [0.2, 0.25) is 0 Å². The van der Waals surface area contributed by atoms with Gasteiger partial charge in [-0.25, -0.2) is 0 Å². The van der Waals surface area contributed by atoms with Crippen molar-refractivity contribution in [2.75, 3.05) is 10.6 Å². The number of rotatable bonds is 4. The van der Waals surface area contributed by atoms with Crippen LogP contribution in [-0.2, 0) is 9.59 Å². The van der Waals surface area contributed by atoms with Crippen molar-refractivity contribution >= 4 is 34.0 Å². The third-order valence-electron chi connectivity index (χ3n) is 4.01. The van der Waals surface area contributed by atoms with Gasteiger partial charge in [0.15, 0.2) is 12.4 Å². The van der Waals surface area contributed by atoms with Crippen LogP contribution < -0.4 is 15.2 Å². The molecule has 5 nitrogen and oxygen atoms in total. The topological polar surface area (TPSA) is 62.1 Å². The van der Waals surface area contributed by atoms with Crippen LogP contribution in [0.15, 0.2) is 67.0 Å². The summed E-state index contributed by atoms with van der Waals surface area (Å²) in [5.74, 6) is -0.231. The quantitative estimate of drug-likeness (QED) is 0.719. The van der Waals surface area contributed by atoms with Crippen molar-refractivity contribution < 1.29 is 14.2 Å². The molecule has 0 saturated heterocycles. The molecule has 5 heteroatoms. The second-order valence-corrected chi connectivity index (χ2v) is 5.94. The summed E-state index contributed by atoms with van der Waals surface area (Å²) in [6, 6.07) is 16.7. The molecule has 0 bridgehead atoms. The Labute approximate surface area is 146 Å². The minimum atomic E-state index is -0.348. The fourth-order valence-electron chi connectivity index (χ4n) is 2.61. The molecule has 0 aliphatic rings. The fourth-order valence-corrected chi connectivity index (χ4v) is 2.61. The Kier molecular flexibility index (Phi) is 4.75. The van der Waals surface area contributed by atoms with E-state index in [9.17, 15) is 9.59 Å². The highest BCUT2D eigenvalue weighted by Crippen LogP contribution is 2.15. The van der Waals surface area contributed by atoms with Crippen molar-refractivity contribution in [2.24, 2.45) is 0 Å². The van der Waals surface area contributed by atoms with Crippen LogP contribution in [-0.4, -0.2) is 11.8 Å². The zero-order valence-electron chi connectivity index (χ0n) is 14.2. The lowest BCUT2D eigenvalue weighted by atomic mass is 10.1. The molecule has 1 atom stereocenters. The van der Waals surface area contributed by atoms with Gasteiger partial charge in [-0.2, -0.15) is 4.57 Å². The molecule has 3 aromatic rings. The van der Waals surface area contributed by atoms with E-state index in [4.69, 9.17) is 0 Å². The van der Waals surface area contributed by atoms with Gasteiger partial charge in [-0.05, 0) is 35.7 Å². The molecule has 2 N–H and O–H groups in total. The maximum atomic E-state index is 12.5. The molecule has 1 aromatic heterocycles. The highest BCUT2D eigenvalue weighted by molar-refractivity contribution is 5.93. The lowest BCUT2D eigenvalue weighted by Crippen LogP contribution is -2.44. The smallest absolute Gasteiger partial charge is 0.293 e. The SMILES string of the molecule is CC(=O)Nc1ccc(NC(=O)[C@H](C)[n+]2ccc3ccccc3c2)cc1. The normalized spacial score (nSPS) is 11.8. The number of nitrogens with zero attached hydrogens (tertiary/aromatic N) is 1. The largest absolute Gasteiger partial charge is 0.326 e. The summed E-state index contributed by atoms with van der Waals surface area (Å²) in [5.41, 5.74) is 1.38. The summed E-state index contributed by atoms with van der Waals surface area (Å²) in [6.07, 6.45) is 3.88. The maximum absolute atomic E-state index is 12.5. The van der Waals surface area contributed by atoms with Gasteiger partial charge in [0, 0.05) is 36.7 Å². The Morgan fingerprint density at radius 1 is 0.880 bits per heavy atom. The monoisotopic (exact) mass is 334 g/mol.